The maximum absolute atomic E-state index is 11.6. The van der Waals surface area contributed by atoms with E-state index in [4.69, 9.17) is 11.6 Å². The first-order valence-corrected chi connectivity index (χ1v) is 6.93. The van der Waals surface area contributed by atoms with E-state index in [1.54, 1.807) is 0 Å². The molecule has 19 heavy (non-hydrogen) atoms. The number of aryl methyl sites for hydroxylation is 1. The smallest absolute Gasteiger partial charge is 0.220 e. The van der Waals surface area contributed by atoms with Gasteiger partial charge in [0, 0.05) is 28.6 Å². The second kappa shape index (κ2) is 5.17. The lowest BCUT2D eigenvalue weighted by Crippen LogP contribution is -2.25. The van der Waals surface area contributed by atoms with Crippen molar-refractivity contribution in [3.05, 3.63) is 41.0 Å². The van der Waals surface area contributed by atoms with Crippen molar-refractivity contribution in [2.45, 2.75) is 31.7 Å². The number of nitrogens with zero attached hydrogens (tertiary/aromatic N) is 1. The minimum atomic E-state index is 0.121. The minimum Gasteiger partial charge on any atom is -0.353 e. The number of hydrogen-bond acceptors (Lipinski definition) is 2. The first-order chi connectivity index (χ1) is 9.20. The van der Waals surface area contributed by atoms with Gasteiger partial charge in [-0.15, -0.1) is 0 Å². The Hall–Kier alpha value is -1.61. The molecule has 1 fully saturated rings. The van der Waals surface area contributed by atoms with Crippen molar-refractivity contribution in [1.29, 1.82) is 0 Å². The van der Waals surface area contributed by atoms with Crippen molar-refractivity contribution in [2.75, 3.05) is 0 Å². The molecule has 1 heterocycles. The fraction of sp³-hybridized carbons (Fsp3) is 0.333. The summed E-state index contributed by atoms with van der Waals surface area (Å²) in [5.41, 5.74) is 1.81. The summed E-state index contributed by atoms with van der Waals surface area (Å²) in [6.45, 7) is 0. The highest BCUT2D eigenvalue weighted by molar-refractivity contribution is 6.31. The quantitative estimate of drug-likeness (QED) is 0.931. The van der Waals surface area contributed by atoms with Gasteiger partial charge in [-0.3, -0.25) is 9.78 Å². The fourth-order valence-electron chi connectivity index (χ4n) is 2.04. The summed E-state index contributed by atoms with van der Waals surface area (Å²) in [6, 6.07) is 10.1. The predicted octanol–water partition coefficient (Wildman–Crippen LogP) is 3.10. The first-order valence-electron chi connectivity index (χ1n) is 6.55. The van der Waals surface area contributed by atoms with Crippen molar-refractivity contribution < 1.29 is 4.79 Å². The average Bonchev–Trinajstić information content (AvgIpc) is 3.19. The van der Waals surface area contributed by atoms with Gasteiger partial charge in [0.05, 0.1) is 5.52 Å². The van der Waals surface area contributed by atoms with Crippen LogP contribution in [0.4, 0.5) is 0 Å². The number of fused-ring (bicyclic) bond motifs is 1. The fourth-order valence-corrected chi connectivity index (χ4v) is 2.21. The Kier molecular flexibility index (Phi) is 3.38. The van der Waals surface area contributed by atoms with Crippen molar-refractivity contribution in [3.8, 4) is 0 Å². The van der Waals surface area contributed by atoms with Crippen LogP contribution in [0.1, 0.15) is 25.0 Å². The van der Waals surface area contributed by atoms with Crippen LogP contribution in [0.3, 0.4) is 0 Å². The van der Waals surface area contributed by atoms with Gasteiger partial charge in [0.25, 0.3) is 0 Å². The van der Waals surface area contributed by atoms with Crippen LogP contribution >= 0.6 is 11.6 Å². The van der Waals surface area contributed by atoms with Crippen LogP contribution in [-0.4, -0.2) is 16.9 Å². The van der Waals surface area contributed by atoms with Crippen LogP contribution < -0.4 is 5.32 Å². The number of hydrogen-bond donors (Lipinski definition) is 1. The number of halogens is 1. The Labute approximate surface area is 117 Å². The van der Waals surface area contributed by atoms with E-state index in [1.165, 1.54) is 0 Å². The van der Waals surface area contributed by atoms with Crippen LogP contribution in [0.15, 0.2) is 30.3 Å². The Bertz CT molecular complexity index is 623. The van der Waals surface area contributed by atoms with E-state index in [-0.39, 0.29) is 5.91 Å². The minimum absolute atomic E-state index is 0.121. The van der Waals surface area contributed by atoms with Gasteiger partial charge in [0.15, 0.2) is 0 Å². The molecule has 1 N–H and O–H groups in total. The van der Waals surface area contributed by atoms with Gasteiger partial charge >= 0.3 is 0 Å². The molecular weight excluding hydrogens is 260 g/mol. The molecule has 1 saturated carbocycles. The van der Waals surface area contributed by atoms with Crippen LogP contribution in [0, 0.1) is 0 Å². The molecule has 3 nitrogen and oxygen atoms in total. The topological polar surface area (TPSA) is 42.0 Å². The zero-order valence-electron chi connectivity index (χ0n) is 10.5. The van der Waals surface area contributed by atoms with E-state index >= 15 is 0 Å². The number of carbonyl (C=O) groups is 1. The molecule has 2 aromatic rings. The van der Waals surface area contributed by atoms with Crippen molar-refractivity contribution in [3.63, 3.8) is 0 Å². The Morgan fingerprint density at radius 3 is 2.89 bits per heavy atom. The van der Waals surface area contributed by atoms with Crippen LogP contribution in [0.2, 0.25) is 5.02 Å². The standard InChI is InChI=1S/C15H15ClN2O/c16-11-3-1-10-2-4-12(17-14(10)9-11)7-8-15(19)18-13-5-6-13/h1-4,9,13H,5-8H2,(H,18,19). The normalized spacial score (nSPS) is 14.6. The molecule has 0 atom stereocenters. The summed E-state index contributed by atoms with van der Waals surface area (Å²) >= 11 is 5.96. The summed E-state index contributed by atoms with van der Waals surface area (Å²) in [6.07, 6.45) is 3.41. The van der Waals surface area contributed by atoms with Crippen LogP contribution in [0.5, 0.6) is 0 Å². The second-order valence-corrected chi connectivity index (χ2v) is 5.42. The van der Waals surface area contributed by atoms with E-state index < -0.39 is 0 Å². The molecule has 0 spiro atoms. The summed E-state index contributed by atoms with van der Waals surface area (Å²) in [7, 11) is 0. The highest BCUT2D eigenvalue weighted by Gasteiger charge is 2.22. The Balaban J connectivity index is 1.68. The maximum atomic E-state index is 11.6. The Morgan fingerprint density at radius 2 is 2.11 bits per heavy atom. The first kappa shape index (κ1) is 12.4. The summed E-state index contributed by atoms with van der Waals surface area (Å²) < 4.78 is 0. The van der Waals surface area contributed by atoms with Gasteiger partial charge in [-0.25, -0.2) is 0 Å². The van der Waals surface area contributed by atoms with E-state index in [0.29, 0.717) is 23.9 Å². The van der Waals surface area contributed by atoms with Crippen LogP contribution in [-0.2, 0) is 11.2 Å². The van der Waals surface area contributed by atoms with Gasteiger partial charge in [-0.2, -0.15) is 0 Å². The van der Waals surface area contributed by atoms with Gasteiger partial charge < -0.3 is 5.32 Å². The molecule has 98 valence electrons. The molecule has 3 rings (SSSR count). The number of nitrogens with one attached hydrogen (secondary N) is 1. The number of rotatable bonds is 4. The number of benzene rings is 1. The van der Waals surface area contributed by atoms with E-state index in [1.807, 2.05) is 30.3 Å². The van der Waals surface area contributed by atoms with E-state index in [9.17, 15) is 4.79 Å². The third-order valence-corrected chi connectivity index (χ3v) is 3.50. The monoisotopic (exact) mass is 274 g/mol. The maximum Gasteiger partial charge on any atom is 0.220 e. The zero-order valence-corrected chi connectivity index (χ0v) is 11.3. The Morgan fingerprint density at radius 1 is 1.32 bits per heavy atom. The number of amides is 1. The molecule has 1 amide bonds. The van der Waals surface area contributed by atoms with Gasteiger partial charge in [0.1, 0.15) is 0 Å². The molecule has 1 aliphatic rings. The van der Waals surface area contributed by atoms with Crippen molar-refractivity contribution in [2.24, 2.45) is 0 Å². The molecule has 0 saturated heterocycles. The SMILES string of the molecule is O=C(CCc1ccc2ccc(Cl)cc2n1)NC1CC1. The molecular formula is C15H15ClN2O. The largest absolute Gasteiger partial charge is 0.353 e. The van der Waals surface area contributed by atoms with E-state index in [0.717, 1.165) is 29.4 Å². The predicted molar refractivity (Wildman–Crippen MR) is 76.2 cm³/mol. The van der Waals surface area contributed by atoms with Gasteiger partial charge in [0.2, 0.25) is 5.91 Å². The molecule has 1 aliphatic carbocycles. The van der Waals surface area contributed by atoms with Crippen molar-refractivity contribution in [1.82, 2.24) is 10.3 Å². The lowest BCUT2D eigenvalue weighted by molar-refractivity contribution is -0.121. The molecule has 0 unspecified atom stereocenters. The third-order valence-electron chi connectivity index (χ3n) is 3.26. The molecule has 0 bridgehead atoms. The van der Waals surface area contributed by atoms with Gasteiger partial charge in [-0.1, -0.05) is 23.7 Å². The molecule has 1 aromatic carbocycles. The number of pyridine rings is 1. The highest BCUT2D eigenvalue weighted by Crippen LogP contribution is 2.20. The highest BCUT2D eigenvalue weighted by atomic mass is 35.5. The molecule has 1 aromatic heterocycles. The summed E-state index contributed by atoms with van der Waals surface area (Å²) in [5.74, 6) is 0.121. The van der Waals surface area contributed by atoms with Gasteiger partial charge in [-0.05, 0) is 37.5 Å². The molecule has 4 heteroatoms. The average molecular weight is 275 g/mol. The van der Waals surface area contributed by atoms with Crippen LogP contribution in [0.25, 0.3) is 10.9 Å². The zero-order chi connectivity index (χ0) is 13.2. The van der Waals surface area contributed by atoms with E-state index in [2.05, 4.69) is 10.3 Å². The number of aromatic nitrogens is 1. The lowest BCUT2D eigenvalue weighted by atomic mass is 10.1. The molecule has 0 aliphatic heterocycles. The van der Waals surface area contributed by atoms with Crippen molar-refractivity contribution >= 4 is 28.4 Å². The number of carbonyl (C=O) groups excluding carboxylic acids is 1. The summed E-state index contributed by atoms with van der Waals surface area (Å²) in [4.78, 5) is 16.2. The lowest BCUT2D eigenvalue weighted by Gasteiger charge is -2.04. The molecule has 0 radical (unpaired) electrons. The second-order valence-electron chi connectivity index (χ2n) is 4.98. The third kappa shape index (κ3) is 3.24. The summed E-state index contributed by atoms with van der Waals surface area (Å²) in [5, 5.41) is 4.73.